The van der Waals surface area contributed by atoms with Crippen LogP contribution in [-0.2, 0) is 28.5 Å². The van der Waals surface area contributed by atoms with Crippen LogP contribution < -0.4 is 5.73 Å². The number of nitrogens with two attached hydrogens (primary N) is 1. The topological polar surface area (TPSA) is 134 Å². The minimum atomic E-state index is -2.33. The van der Waals surface area contributed by atoms with Crippen LogP contribution in [0.1, 0.15) is 80.1 Å². The Hall–Kier alpha value is -1.94. The molecule has 35 heavy (non-hydrogen) atoms. The second kappa shape index (κ2) is 11.9. The molecule has 2 aliphatic carbocycles. The zero-order valence-corrected chi connectivity index (χ0v) is 21.8. The molecule has 0 aromatic rings. The molecule has 1 unspecified atom stereocenters. The van der Waals surface area contributed by atoms with E-state index in [4.69, 9.17) is 29.8 Å². The summed E-state index contributed by atoms with van der Waals surface area (Å²) in [6, 6.07) is 0. The molecule has 0 heterocycles. The second-order valence-corrected chi connectivity index (χ2v) is 10.8. The van der Waals surface area contributed by atoms with Gasteiger partial charge in [0.1, 0.15) is 11.6 Å². The molecule has 8 atom stereocenters. The molecule has 9 nitrogen and oxygen atoms in total. The summed E-state index contributed by atoms with van der Waals surface area (Å²) in [5, 5.41) is 9.07. The number of hydrogen-bond donors (Lipinski definition) is 2. The average molecular weight is 504 g/mol. The van der Waals surface area contributed by atoms with E-state index in [0.717, 1.165) is 19.3 Å². The summed E-state index contributed by atoms with van der Waals surface area (Å²) in [6.45, 7) is 11.2. The summed E-state index contributed by atoms with van der Waals surface area (Å²) in [5.74, 6) is -2.24. The number of carbonyl (C=O) groups excluding carboxylic acids is 2. The van der Waals surface area contributed by atoms with Gasteiger partial charge in [0.25, 0.3) is 0 Å². The molecular weight excluding hydrogens is 461 g/mol. The van der Waals surface area contributed by atoms with E-state index in [9.17, 15) is 18.8 Å². The molecule has 0 aromatic carbocycles. The second-order valence-electron chi connectivity index (χ2n) is 10.8. The van der Waals surface area contributed by atoms with E-state index >= 15 is 0 Å². The third-order valence-electron chi connectivity index (χ3n) is 7.26. The summed E-state index contributed by atoms with van der Waals surface area (Å²) in [6.07, 6.45) is -0.251. The van der Waals surface area contributed by atoms with Crippen molar-refractivity contribution in [1.82, 2.24) is 0 Å². The molecule has 0 aliphatic heterocycles. The van der Waals surface area contributed by atoms with Gasteiger partial charge >= 0.3 is 18.1 Å². The summed E-state index contributed by atoms with van der Waals surface area (Å²) in [7, 11) is 0. The van der Waals surface area contributed by atoms with E-state index in [1.165, 1.54) is 13.8 Å². The van der Waals surface area contributed by atoms with Crippen LogP contribution in [0.25, 0.3) is 0 Å². The molecule has 0 amide bonds. The number of ether oxygens (including phenoxy) is 4. The molecular formula is C25H42FNO8. The first-order valence-electron chi connectivity index (χ1n) is 12.6. The predicted octanol–water partition coefficient (Wildman–Crippen LogP) is 4.21. The van der Waals surface area contributed by atoms with Crippen LogP contribution in [0.4, 0.5) is 9.18 Å². The zero-order chi connectivity index (χ0) is 26.6. The Kier molecular flexibility index (Phi) is 9.93. The van der Waals surface area contributed by atoms with E-state index in [2.05, 4.69) is 20.8 Å². The SMILES string of the molecule is CCCO[C@H](C[C@@H]1C[C@@]1(F)C(=O)O)[C@@](C)(N)C(=O)OC(C)OC(=O)O[C@H]1C[C@@H](C)CC[C@@H]1C(C)C. The maximum atomic E-state index is 14.3. The van der Waals surface area contributed by atoms with Crippen LogP contribution in [0.3, 0.4) is 0 Å². The van der Waals surface area contributed by atoms with E-state index in [-0.39, 0.29) is 31.5 Å². The normalized spacial score (nSPS) is 31.7. The number of carbonyl (C=O) groups is 3. The third kappa shape index (κ3) is 7.52. The number of alkyl halides is 1. The van der Waals surface area contributed by atoms with Crippen molar-refractivity contribution in [2.75, 3.05) is 6.61 Å². The predicted molar refractivity (Wildman–Crippen MR) is 125 cm³/mol. The number of halogens is 1. The quantitative estimate of drug-likeness (QED) is 0.297. The van der Waals surface area contributed by atoms with Crippen molar-refractivity contribution in [3.8, 4) is 0 Å². The fourth-order valence-corrected chi connectivity index (χ4v) is 4.81. The molecule has 2 rings (SSSR count). The Labute approximate surface area is 207 Å². The molecule has 2 saturated carbocycles. The molecule has 2 aliphatic rings. The number of rotatable bonds is 12. The first-order chi connectivity index (χ1) is 16.2. The van der Waals surface area contributed by atoms with Crippen LogP contribution in [0.5, 0.6) is 0 Å². The van der Waals surface area contributed by atoms with E-state index in [1.54, 1.807) is 0 Å². The number of carboxylic acid groups (broad SMARTS) is 1. The highest BCUT2D eigenvalue weighted by atomic mass is 19.1. The number of carboxylic acids is 1. The zero-order valence-electron chi connectivity index (χ0n) is 21.8. The standard InChI is InChI=1S/C25H42FNO8/c1-7-10-32-20(12-17-13-25(17,26)21(28)29)24(6,27)22(30)33-16(5)34-23(31)35-19-11-15(4)8-9-18(19)14(2)3/h14-20H,7-13,27H2,1-6H3,(H,28,29)/t15-,16?,17+,18+,19-,20+,24+,25-/m0/s1. The molecule has 0 aromatic heterocycles. The number of hydrogen-bond acceptors (Lipinski definition) is 8. The van der Waals surface area contributed by atoms with E-state index in [0.29, 0.717) is 18.3 Å². The van der Waals surface area contributed by atoms with Crippen molar-refractivity contribution in [3.63, 3.8) is 0 Å². The van der Waals surface area contributed by atoms with Gasteiger partial charge in [-0.2, -0.15) is 0 Å². The highest BCUT2D eigenvalue weighted by molar-refractivity contribution is 5.82. The van der Waals surface area contributed by atoms with Gasteiger partial charge in [0, 0.05) is 19.4 Å². The van der Waals surface area contributed by atoms with Crippen molar-refractivity contribution < 1.29 is 42.8 Å². The van der Waals surface area contributed by atoms with Gasteiger partial charge in [-0.25, -0.2) is 18.8 Å². The van der Waals surface area contributed by atoms with Gasteiger partial charge in [-0.1, -0.05) is 34.1 Å². The van der Waals surface area contributed by atoms with E-state index < -0.39 is 47.6 Å². The molecule has 10 heteroatoms. The van der Waals surface area contributed by atoms with Gasteiger partial charge < -0.3 is 29.8 Å². The van der Waals surface area contributed by atoms with Gasteiger partial charge in [-0.05, 0) is 56.8 Å². The summed E-state index contributed by atoms with van der Waals surface area (Å²) < 4.78 is 36.0. The number of esters is 1. The fraction of sp³-hybridized carbons (Fsp3) is 0.880. The third-order valence-corrected chi connectivity index (χ3v) is 7.26. The summed E-state index contributed by atoms with van der Waals surface area (Å²) in [4.78, 5) is 36.4. The maximum absolute atomic E-state index is 14.3. The van der Waals surface area contributed by atoms with Gasteiger partial charge in [0.05, 0.1) is 6.10 Å². The lowest BCUT2D eigenvalue weighted by Crippen LogP contribution is -2.57. The molecule has 202 valence electrons. The minimum absolute atomic E-state index is 0.0569. The van der Waals surface area contributed by atoms with Gasteiger partial charge in [-0.15, -0.1) is 0 Å². The smallest absolute Gasteiger partial charge is 0.479 e. The van der Waals surface area contributed by atoms with E-state index in [1.807, 2.05) is 6.92 Å². The first kappa shape index (κ1) is 29.3. The maximum Gasteiger partial charge on any atom is 0.511 e. The van der Waals surface area contributed by atoms with Crippen molar-refractivity contribution in [3.05, 3.63) is 0 Å². The van der Waals surface area contributed by atoms with Crippen LogP contribution in [0, 0.1) is 23.7 Å². The Bertz CT molecular complexity index is 760. The van der Waals surface area contributed by atoms with Gasteiger partial charge in [0.15, 0.2) is 0 Å². The fourth-order valence-electron chi connectivity index (χ4n) is 4.81. The molecule has 0 spiro atoms. The Morgan fingerprint density at radius 2 is 1.86 bits per heavy atom. The van der Waals surface area contributed by atoms with Crippen LogP contribution in [0.15, 0.2) is 0 Å². The number of aliphatic carboxylic acids is 1. The van der Waals surface area contributed by atoms with Crippen LogP contribution >= 0.6 is 0 Å². The lowest BCUT2D eigenvalue weighted by Gasteiger charge is -2.36. The molecule has 2 fully saturated rings. The average Bonchev–Trinajstić information content (AvgIpc) is 3.41. The molecule has 3 N–H and O–H groups in total. The van der Waals surface area contributed by atoms with Crippen molar-refractivity contribution in [1.29, 1.82) is 0 Å². The van der Waals surface area contributed by atoms with Crippen LogP contribution in [0.2, 0.25) is 0 Å². The largest absolute Gasteiger partial charge is 0.511 e. The van der Waals surface area contributed by atoms with Gasteiger partial charge in [-0.3, -0.25) is 0 Å². The monoisotopic (exact) mass is 503 g/mol. The molecule has 0 saturated heterocycles. The van der Waals surface area contributed by atoms with Crippen molar-refractivity contribution >= 4 is 18.1 Å². The Morgan fingerprint density at radius 1 is 1.20 bits per heavy atom. The Balaban J connectivity index is 1.95. The first-order valence-corrected chi connectivity index (χ1v) is 12.6. The lowest BCUT2D eigenvalue weighted by atomic mass is 9.75. The van der Waals surface area contributed by atoms with Gasteiger partial charge in [0.2, 0.25) is 12.0 Å². The Morgan fingerprint density at radius 3 is 2.40 bits per heavy atom. The summed E-state index contributed by atoms with van der Waals surface area (Å²) in [5.41, 5.74) is 2.18. The highest BCUT2D eigenvalue weighted by Crippen LogP contribution is 2.51. The summed E-state index contributed by atoms with van der Waals surface area (Å²) >= 11 is 0. The lowest BCUT2D eigenvalue weighted by molar-refractivity contribution is -0.181. The van der Waals surface area contributed by atoms with Crippen LogP contribution in [-0.4, -0.2) is 59.5 Å². The molecule has 0 bridgehead atoms. The van der Waals surface area contributed by atoms with Crippen molar-refractivity contribution in [2.45, 2.75) is 110 Å². The highest BCUT2D eigenvalue weighted by Gasteiger charge is 2.63. The van der Waals surface area contributed by atoms with Crippen molar-refractivity contribution in [2.24, 2.45) is 29.4 Å². The molecule has 0 radical (unpaired) electrons. The minimum Gasteiger partial charge on any atom is -0.479 e.